The second-order valence-corrected chi connectivity index (χ2v) is 4.79. The molecule has 1 aliphatic heterocycles. The van der Waals surface area contributed by atoms with Crippen LogP contribution in [0.15, 0.2) is 12.1 Å². The van der Waals surface area contributed by atoms with Gasteiger partial charge >= 0.3 is 0 Å². The van der Waals surface area contributed by atoms with Crippen LogP contribution < -0.4 is 5.32 Å². The topological polar surface area (TPSA) is 21.3 Å². The first-order valence-electron chi connectivity index (χ1n) is 6.38. The van der Waals surface area contributed by atoms with E-state index in [9.17, 15) is 8.78 Å². The highest BCUT2D eigenvalue weighted by atomic mass is 19.1. The van der Waals surface area contributed by atoms with Crippen molar-refractivity contribution in [3.63, 3.8) is 0 Å². The summed E-state index contributed by atoms with van der Waals surface area (Å²) in [4.78, 5) is 0. The van der Waals surface area contributed by atoms with E-state index in [-0.39, 0.29) is 23.8 Å². The van der Waals surface area contributed by atoms with Gasteiger partial charge in [-0.05, 0) is 50.9 Å². The van der Waals surface area contributed by atoms with Gasteiger partial charge in [-0.25, -0.2) is 8.78 Å². The number of rotatable bonds is 3. The molecule has 4 heteroatoms. The van der Waals surface area contributed by atoms with Crippen molar-refractivity contribution in [2.45, 2.75) is 38.3 Å². The van der Waals surface area contributed by atoms with Gasteiger partial charge in [0.25, 0.3) is 0 Å². The summed E-state index contributed by atoms with van der Waals surface area (Å²) in [6.07, 6.45) is 2.90. The van der Waals surface area contributed by atoms with Gasteiger partial charge in [-0.3, -0.25) is 0 Å². The fourth-order valence-electron chi connectivity index (χ4n) is 2.47. The zero-order valence-electron chi connectivity index (χ0n) is 10.8. The van der Waals surface area contributed by atoms with Crippen LogP contribution in [-0.4, -0.2) is 19.8 Å². The molecule has 1 aromatic rings. The molecule has 0 radical (unpaired) electrons. The summed E-state index contributed by atoms with van der Waals surface area (Å²) < 4.78 is 33.2. The Hall–Kier alpha value is -1.00. The van der Waals surface area contributed by atoms with Gasteiger partial charge in [-0.1, -0.05) is 0 Å². The molecular weight excluding hydrogens is 236 g/mol. The van der Waals surface area contributed by atoms with Crippen molar-refractivity contribution in [2.24, 2.45) is 0 Å². The van der Waals surface area contributed by atoms with Gasteiger partial charge in [0.2, 0.25) is 0 Å². The minimum Gasteiger partial charge on any atom is -0.376 e. The van der Waals surface area contributed by atoms with E-state index in [0.29, 0.717) is 17.7 Å². The SMILES string of the molecule is CNC(c1cc(F)c(C)cc1F)C1CCCCO1. The highest BCUT2D eigenvalue weighted by molar-refractivity contribution is 5.28. The Bertz CT molecular complexity index is 417. The van der Waals surface area contributed by atoms with Gasteiger partial charge < -0.3 is 10.1 Å². The fourth-order valence-corrected chi connectivity index (χ4v) is 2.47. The van der Waals surface area contributed by atoms with Crippen molar-refractivity contribution >= 4 is 0 Å². The van der Waals surface area contributed by atoms with Crippen LogP contribution in [0.5, 0.6) is 0 Å². The van der Waals surface area contributed by atoms with Crippen LogP contribution in [0.3, 0.4) is 0 Å². The zero-order chi connectivity index (χ0) is 13.1. The summed E-state index contributed by atoms with van der Waals surface area (Å²) in [5.74, 6) is -0.745. The highest BCUT2D eigenvalue weighted by Crippen LogP contribution is 2.29. The maximum absolute atomic E-state index is 14.0. The Kier molecular flexibility index (Phi) is 4.30. The van der Waals surface area contributed by atoms with E-state index in [4.69, 9.17) is 4.74 Å². The first kappa shape index (κ1) is 13.4. The third-order valence-electron chi connectivity index (χ3n) is 3.51. The quantitative estimate of drug-likeness (QED) is 0.896. The maximum Gasteiger partial charge on any atom is 0.128 e. The molecule has 1 heterocycles. The lowest BCUT2D eigenvalue weighted by Crippen LogP contribution is -2.34. The Morgan fingerprint density at radius 2 is 2.06 bits per heavy atom. The van der Waals surface area contributed by atoms with E-state index in [1.807, 2.05) is 0 Å². The minimum atomic E-state index is -0.373. The molecule has 1 saturated heterocycles. The number of aryl methyl sites for hydroxylation is 1. The van der Waals surface area contributed by atoms with Crippen molar-refractivity contribution in [2.75, 3.05) is 13.7 Å². The molecule has 0 aliphatic carbocycles. The standard InChI is InChI=1S/C14H19F2NO/c1-9-7-12(16)10(8-11(9)15)14(17-2)13-5-3-4-6-18-13/h7-8,13-14,17H,3-6H2,1-2H3. The molecular formula is C14H19F2NO. The largest absolute Gasteiger partial charge is 0.376 e. The van der Waals surface area contributed by atoms with E-state index >= 15 is 0 Å². The Morgan fingerprint density at radius 3 is 2.67 bits per heavy atom. The highest BCUT2D eigenvalue weighted by Gasteiger charge is 2.27. The third kappa shape index (κ3) is 2.70. The van der Waals surface area contributed by atoms with Crippen LogP contribution in [0.1, 0.15) is 36.4 Å². The molecule has 0 amide bonds. The normalized spacial score (nSPS) is 21.9. The molecule has 2 nitrogen and oxygen atoms in total. The monoisotopic (exact) mass is 255 g/mol. The Labute approximate surface area is 106 Å². The number of nitrogens with one attached hydrogen (secondary N) is 1. The average molecular weight is 255 g/mol. The summed E-state index contributed by atoms with van der Waals surface area (Å²) in [5, 5.41) is 3.04. The number of likely N-dealkylation sites (N-methyl/N-ethyl adjacent to an activating group) is 1. The van der Waals surface area contributed by atoms with Gasteiger partial charge in [-0.15, -0.1) is 0 Å². The summed E-state index contributed by atoms with van der Waals surface area (Å²) in [6, 6.07) is 2.24. The number of hydrogen-bond donors (Lipinski definition) is 1. The number of benzene rings is 1. The van der Waals surface area contributed by atoms with E-state index < -0.39 is 0 Å². The van der Waals surface area contributed by atoms with Gasteiger partial charge in [0.15, 0.2) is 0 Å². The van der Waals surface area contributed by atoms with Crippen molar-refractivity contribution in [1.82, 2.24) is 5.32 Å². The van der Waals surface area contributed by atoms with Crippen LogP contribution >= 0.6 is 0 Å². The number of ether oxygens (including phenoxy) is 1. The molecule has 1 N–H and O–H groups in total. The molecule has 0 aromatic heterocycles. The molecule has 0 saturated carbocycles. The predicted molar refractivity (Wildman–Crippen MR) is 66.5 cm³/mol. The Balaban J connectivity index is 2.28. The molecule has 1 aromatic carbocycles. The minimum absolute atomic E-state index is 0.0830. The van der Waals surface area contributed by atoms with Crippen molar-refractivity contribution in [3.05, 3.63) is 34.9 Å². The lowest BCUT2D eigenvalue weighted by molar-refractivity contribution is -0.00737. The first-order valence-corrected chi connectivity index (χ1v) is 6.38. The molecule has 18 heavy (non-hydrogen) atoms. The van der Waals surface area contributed by atoms with Crippen LogP contribution in [-0.2, 0) is 4.74 Å². The van der Waals surface area contributed by atoms with Crippen LogP contribution in [0.25, 0.3) is 0 Å². The zero-order valence-corrected chi connectivity index (χ0v) is 10.8. The third-order valence-corrected chi connectivity index (χ3v) is 3.51. The molecule has 1 aliphatic rings. The van der Waals surface area contributed by atoms with Gasteiger partial charge in [0.1, 0.15) is 11.6 Å². The first-order chi connectivity index (χ1) is 8.63. The second-order valence-electron chi connectivity index (χ2n) is 4.79. The van der Waals surface area contributed by atoms with Crippen molar-refractivity contribution in [1.29, 1.82) is 0 Å². The van der Waals surface area contributed by atoms with Gasteiger partial charge in [0, 0.05) is 12.2 Å². The molecule has 2 atom stereocenters. The van der Waals surface area contributed by atoms with E-state index in [2.05, 4.69) is 5.32 Å². The fraction of sp³-hybridized carbons (Fsp3) is 0.571. The maximum atomic E-state index is 14.0. The lowest BCUT2D eigenvalue weighted by Gasteiger charge is -2.30. The van der Waals surface area contributed by atoms with Gasteiger partial charge in [0.05, 0.1) is 12.1 Å². The van der Waals surface area contributed by atoms with E-state index in [1.54, 1.807) is 14.0 Å². The van der Waals surface area contributed by atoms with Crippen molar-refractivity contribution < 1.29 is 13.5 Å². The molecule has 2 rings (SSSR count). The van der Waals surface area contributed by atoms with Crippen LogP contribution in [0, 0.1) is 18.6 Å². The Morgan fingerprint density at radius 1 is 1.28 bits per heavy atom. The predicted octanol–water partition coefficient (Wildman–Crippen LogP) is 3.10. The summed E-state index contributed by atoms with van der Waals surface area (Å²) >= 11 is 0. The van der Waals surface area contributed by atoms with E-state index in [0.717, 1.165) is 19.3 Å². The number of hydrogen-bond acceptors (Lipinski definition) is 2. The second kappa shape index (κ2) is 5.76. The molecule has 100 valence electrons. The molecule has 0 bridgehead atoms. The lowest BCUT2D eigenvalue weighted by atomic mass is 9.94. The van der Waals surface area contributed by atoms with Crippen molar-refractivity contribution in [3.8, 4) is 0 Å². The molecule has 2 unspecified atom stereocenters. The van der Waals surface area contributed by atoms with Crippen LogP contribution in [0.2, 0.25) is 0 Å². The van der Waals surface area contributed by atoms with E-state index in [1.165, 1.54) is 12.1 Å². The summed E-state index contributed by atoms with van der Waals surface area (Å²) in [7, 11) is 1.75. The molecule has 0 spiro atoms. The van der Waals surface area contributed by atoms with Crippen LogP contribution in [0.4, 0.5) is 8.78 Å². The molecule has 1 fully saturated rings. The average Bonchev–Trinajstić information content (AvgIpc) is 2.38. The summed E-state index contributed by atoms with van der Waals surface area (Å²) in [5.41, 5.74) is 0.683. The number of halogens is 2. The smallest absolute Gasteiger partial charge is 0.128 e. The van der Waals surface area contributed by atoms with Gasteiger partial charge in [-0.2, -0.15) is 0 Å². The summed E-state index contributed by atoms with van der Waals surface area (Å²) in [6.45, 7) is 2.26.